The summed E-state index contributed by atoms with van der Waals surface area (Å²) in [7, 11) is -3.42. The fraction of sp³-hybridized carbons (Fsp3) is 0.467. The Labute approximate surface area is 148 Å². The van der Waals surface area contributed by atoms with Gasteiger partial charge in [0.15, 0.2) is 0 Å². The summed E-state index contributed by atoms with van der Waals surface area (Å²) in [6.07, 6.45) is -3.44. The maximum absolute atomic E-state index is 12.4. The minimum atomic E-state index is -4.89. The highest BCUT2D eigenvalue weighted by Crippen LogP contribution is 2.21. The smallest absolute Gasteiger partial charge is 0.349 e. The summed E-state index contributed by atoms with van der Waals surface area (Å²) in [5.41, 5.74) is 0.598. The maximum atomic E-state index is 12.4. The largest absolute Gasteiger partial charge is 0.471 e. The second-order valence-electron chi connectivity index (χ2n) is 5.99. The van der Waals surface area contributed by atoms with Crippen molar-refractivity contribution in [2.45, 2.75) is 25.1 Å². The number of likely N-dealkylation sites (tertiary alicyclic amines) is 1. The highest BCUT2D eigenvalue weighted by Gasteiger charge is 2.43. The molecule has 1 heterocycles. The van der Waals surface area contributed by atoms with Crippen LogP contribution in [0, 0.1) is 0 Å². The lowest BCUT2D eigenvalue weighted by Gasteiger charge is -2.32. The van der Waals surface area contributed by atoms with Gasteiger partial charge in [-0.2, -0.15) is 13.2 Å². The lowest BCUT2D eigenvalue weighted by Crippen LogP contribution is -2.50. The summed E-state index contributed by atoms with van der Waals surface area (Å²) in [5, 5.41) is 2.70. The normalized spacial score (nSPS) is 16.2. The van der Waals surface area contributed by atoms with Crippen molar-refractivity contribution in [1.29, 1.82) is 0 Å². The van der Waals surface area contributed by atoms with E-state index in [1.807, 2.05) is 0 Å². The molecule has 1 saturated heterocycles. The molecule has 2 rings (SSSR count). The van der Waals surface area contributed by atoms with Crippen LogP contribution in [-0.2, 0) is 14.8 Å². The van der Waals surface area contributed by atoms with Gasteiger partial charge in [-0.15, -0.1) is 0 Å². The molecule has 2 amide bonds. The molecular formula is C15H18F3N3O4S. The van der Waals surface area contributed by atoms with Crippen LogP contribution in [0.15, 0.2) is 24.3 Å². The number of piperidine rings is 1. The van der Waals surface area contributed by atoms with Crippen LogP contribution in [0.5, 0.6) is 0 Å². The topological polar surface area (TPSA) is 95.6 Å². The monoisotopic (exact) mass is 393 g/mol. The number of rotatable bonds is 4. The standard InChI is InChI=1S/C15H18F3N3O4S/c1-26(24,25)20-12-4-2-10(3-5-12)13(22)19-11-6-8-21(9-7-11)14(23)15(16,17)18/h2-5,11,20H,6-9H2,1H3,(H,19,22). The van der Waals surface area contributed by atoms with E-state index in [-0.39, 0.29) is 37.5 Å². The first kappa shape index (κ1) is 20.0. The van der Waals surface area contributed by atoms with Gasteiger partial charge in [0.25, 0.3) is 5.91 Å². The Morgan fingerprint density at radius 3 is 2.12 bits per heavy atom. The number of carbonyl (C=O) groups is 2. The number of alkyl halides is 3. The van der Waals surface area contributed by atoms with Gasteiger partial charge < -0.3 is 10.2 Å². The minimum absolute atomic E-state index is 0.0828. The molecule has 1 aromatic rings. The molecule has 0 unspecified atom stereocenters. The van der Waals surface area contributed by atoms with Crippen molar-refractivity contribution in [2.24, 2.45) is 0 Å². The molecule has 26 heavy (non-hydrogen) atoms. The molecule has 0 saturated carbocycles. The van der Waals surface area contributed by atoms with Crippen molar-refractivity contribution < 1.29 is 31.2 Å². The molecule has 1 aromatic carbocycles. The van der Waals surface area contributed by atoms with E-state index in [0.29, 0.717) is 5.69 Å². The Morgan fingerprint density at radius 1 is 1.12 bits per heavy atom. The third-order valence-electron chi connectivity index (χ3n) is 3.81. The van der Waals surface area contributed by atoms with E-state index in [0.717, 1.165) is 11.2 Å². The maximum Gasteiger partial charge on any atom is 0.471 e. The van der Waals surface area contributed by atoms with E-state index in [9.17, 15) is 31.2 Å². The molecule has 0 spiro atoms. The average molecular weight is 393 g/mol. The second kappa shape index (κ2) is 7.52. The van der Waals surface area contributed by atoms with E-state index in [1.54, 1.807) is 0 Å². The highest BCUT2D eigenvalue weighted by molar-refractivity contribution is 7.92. The van der Waals surface area contributed by atoms with Gasteiger partial charge in [-0.25, -0.2) is 8.42 Å². The second-order valence-corrected chi connectivity index (χ2v) is 7.74. The van der Waals surface area contributed by atoms with E-state index >= 15 is 0 Å². The summed E-state index contributed by atoms with van der Waals surface area (Å²) < 4.78 is 61.7. The molecule has 0 aromatic heterocycles. The average Bonchev–Trinajstić information content (AvgIpc) is 2.53. The lowest BCUT2D eigenvalue weighted by molar-refractivity contribution is -0.186. The summed E-state index contributed by atoms with van der Waals surface area (Å²) in [6.45, 7) is -0.166. The lowest BCUT2D eigenvalue weighted by atomic mass is 10.0. The van der Waals surface area contributed by atoms with Crippen molar-refractivity contribution >= 4 is 27.5 Å². The zero-order chi connectivity index (χ0) is 19.5. The molecule has 1 aliphatic heterocycles. The van der Waals surface area contributed by atoms with Gasteiger partial charge in [-0.3, -0.25) is 14.3 Å². The molecule has 2 N–H and O–H groups in total. The van der Waals surface area contributed by atoms with Crippen molar-refractivity contribution in [1.82, 2.24) is 10.2 Å². The molecule has 1 fully saturated rings. The summed E-state index contributed by atoms with van der Waals surface area (Å²) in [5.74, 6) is -2.28. The third kappa shape index (κ3) is 5.61. The van der Waals surface area contributed by atoms with Gasteiger partial charge in [0.2, 0.25) is 10.0 Å². The Bertz CT molecular complexity index is 770. The van der Waals surface area contributed by atoms with Gasteiger partial charge in [0.05, 0.1) is 6.26 Å². The SMILES string of the molecule is CS(=O)(=O)Nc1ccc(C(=O)NC2CCN(C(=O)C(F)(F)F)CC2)cc1. The molecule has 0 atom stereocenters. The quantitative estimate of drug-likeness (QED) is 0.807. The van der Waals surface area contributed by atoms with Gasteiger partial charge >= 0.3 is 12.1 Å². The third-order valence-corrected chi connectivity index (χ3v) is 4.42. The Hall–Kier alpha value is -2.30. The van der Waals surface area contributed by atoms with E-state index in [4.69, 9.17) is 0 Å². The van der Waals surface area contributed by atoms with Crippen LogP contribution < -0.4 is 10.0 Å². The number of nitrogens with one attached hydrogen (secondary N) is 2. The molecule has 1 aliphatic rings. The summed E-state index contributed by atoms with van der Waals surface area (Å²) >= 11 is 0. The number of nitrogens with zero attached hydrogens (tertiary/aromatic N) is 1. The fourth-order valence-electron chi connectivity index (χ4n) is 2.58. The summed E-state index contributed by atoms with van der Waals surface area (Å²) in [6, 6.07) is 5.39. The number of hydrogen-bond acceptors (Lipinski definition) is 4. The molecule has 7 nitrogen and oxygen atoms in total. The summed E-state index contributed by atoms with van der Waals surface area (Å²) in [4.78, 5) is 24.1. The molecule has 144 valence electrons. The molecule has 0 bridgehead atoms. The number of anilines is 1. The molecule has 0 radical (unpaired) electrons. The van der Waals surface area contributed by atoms with E-state index in [2.05, 4.69) is 10.0 Å². The first-order chi connectivity index (χ1) is 12.0. The predicted molar refractivity (Wildman–Crippen MR) is 88.0 cm³/mol. The Balaban J connectivity index is 1.88. The van der Waals surface area contributed by atoms with Crippen molar-refractivity contribution in [3.63, 3.8) is 0 Å². The van der Waals surface area contributed by atoms with Crippen LogP contribution >= 0.6 is 0 Å². The number of sulfonamides is 1. The number of amides is 2. The van der Waals surface area contributed by atoms with Crippen LogP contribution in [0.25, 0.3) is 0 Å². The Kier molecular flexibility index (Phi) is 5.79. The van der Waals surface area contributed by atoms with Crippen LogP contribution in [0.4, 0.5) is 18.9 Å². The van der Waals surface area contributed by atoms with Gasteiger partial charge in [-0.05, 0) is 37.1 Å². The number of hydrogen-bond donors (Lipinski definition) is 2. The predicted octanol–water partition coefficient (Wildman–Crippen LogP) is 1.34. The first-order valence-electron chi connectivity index (χ1n) is 7.70. The van der Waals surface area contributed by atoms with Crippen LogP contribution in [0.3, 0.4) is 0 Å². The minimum Gasteiger partial charge on any atom is -0.349 e. The van der Waals surface area contributed by atoms with Crippen molar-refractivity contribution in [3.8, 4) is 0 Å². The number of benzene rings is 1. The van der Waals surface area contributed by atoms with Crippen molar-refractivity contribution in [3.05, 3.63) is 29.8 Å². The molecule has 0 aliphatic carbocycles. The zero-order valence-corrected chi connectivity index (χ0v) is 14.7. The molecular weight excluding hydrogens is 375 g/mol. The van der Waals surface area contributed by atoms with E-state index < -0.39 is 28.0 Å². The van der Waals surface area contributed by atoms with Crippen LogP contribution in [0.1, 0.15) is 23.2 Å². The van der Waals surface area contributed by atoms with Gasteiger partial charge in [0.1, 0.15) is 0 Å². The molecule has 11 heteroatoms. The highest BCUT2D eigenvalue weighted by atomic mass is 32.2. The number of carbonyl (C=O) groups excluding carboxylic acids is 2. The van der Waals surface area contributed by atoms with Crippen LogP contribution in [0.2, 0.25) is 0 Å². The zero-order valence-electron chi connectivity index (χ0n) is 13.8. The first-order valence-corrected chi connectivity index (χ1v) is 9.59. The van der Waals surface area contributed by atoms with Crippen molar-refractivity contribution in [2.75, 3.05) is 24.1 Å². The fourth-order valence-corrected chi connectivity index (χ4v) is 3.14. The van der Waals surface area contributed by atoms with Crippen LogP contribution in [-0.4, -0.2) is 56.7 Å². The number of halogens is 3. The Morgan fingerprint density at radius 2 is 1.65 bits per heavy atom. The van der Waals surface area contributed by atoms with E-state index in [1.165, 1.54) is 24.3 Å². The van der Waals surface area contributed by atoms with Gasteiger partial charge in [0, 0.05) is 30.4 Å². The van der Waals surface area contributed by atoms with Gasteiger partial charge in [-0.1, -0.05) is 0 Å².